The molecule has 0 spiro atoms. The molecular weight excluding hydrogens is 342 g/mol. The first-order valence-corrected chi connectivity index (χ1v) is 9.87. The molecule has 2 aromatic rings. The Morgan fingerprint density at radius 1 is 1.26 bits per heavy atom. The van der Waals surface area contributed by atoms with E-state index in [-0.39, 0.29) is 11.9 Å². The number of aromatic nitrogens is 1. The van der Waals surface area contributed by atoms with Gasteiger partial charge in [-0.1, -0.05) is 37.3 Å². The summed E-state index contributed by atoms with van der Waals surface area (Å²) >= 11 is 0. The van der Waals surface area contributed by atoms with Gasteiger partial charge in [0.15, 0.2) is 12.1 Å². The number of amides is 1. The maximum atomic E-state index is 13.1. The number of oxazole rings is 1. The number of hydrogen-bond acceptors (Lipinski definition) is 5. The smallest absolute Gasteiger partial charge is 0.276 e. The van der Waals surface area contributed by atoms with E-state index in [1.165, 1.54) is 6.39 Å². The number of carbonyl (C=O) groups is 1. The van der Waals surface area contributed by atoms with Gasteiger partial charge in [-0.15, -0.1) is 0 Å². The molecule has 0 bridgehead atoms. The molecule has 2 aliphatic heterocycles. The van der Waals surface area contributed by atoms with Gasteiger partial charge in [0, 0.05) is 19.5 Å². The molecule has 27 heavy (non-hydrogen) atoms. The van der Waals surface area contributed by atoms with E-state index in [2.05, 4.69) is 9.88 Å². The van der Waals surface area contributed by atoms with Crippen LogP contribution in [0.4, 0.5) is 0 Å². The quantitative estimate of drug-likeness (QED) is 0.896. The van der Waals surface area contributed by atoms with Crippen LogP contribution in [0.5, 0.6) is 0 Å². The van der Waals surface area contributed by atoms with Crippen molar-refractivity contribution in [3.8, 4) is 0 Å². The fourth-order valence-corrected chi connectivity index (χ4v) is 4.49. The fourth-order valence-electron chi connectivity index (χ4n) is 4.49. The third kappa shape index (κ3) is 3.28. The first-order valence-electron chi connectivity index (χ1n) is 9.87. The number of hydrogen-bond donors (Lipinski definition) is 1. The van der Waals surface area contributed by atoms with E-state index in [9.17, 15) is 9.90 Å². The van der Waals surface area contributed by atoms with Gasteiger partial charge in [0.1, 0.15) is 11.4 Å². The van der Waals surface area contributed by atoms with Crippen molar-refractivity contribution in [1.29, 1.82) is 0 Å². The second-order valence-electron chi connectivity index (χ2n) is 7.53. The lowest BCUT2D eigenvalue weighted by atomic mass is 9.79. The van der Waals surface area contributed by atoms with Gasteiger partial charge in [0.25, 0.3) is 5.91 Å². The van der Waals surface area contributed by atoms with Crippen LogP contribution < -0.4 is 0 Å². The van der Waals surface area contributed by atoms with Crippen LogP contribution in [-0.2, 0) is 12.0 Å². The molecule has 0 unspecified atom stereocenters. The van der Waals surface area contributed by atoms with E-state index >= 15 is 0 Å². The largest absolute Gasteiger partial charge is 0.448 e. The van der Waals surface area contributed by atoms with Crippen molar-refractivity contribution in [3.05, 3.63) is 53.7 Å². The zero-order chi connectivity index (χ0) is 18.9. The molecule has 0 radical (unpaired) electrons. The average Bonchev–Trinajstić information content (AvgIpc) is 3.40. The number of benzene rings is 1. The Morgan fingerprint density at radius 2 is 2.00 bits per heavy atom. The first-order chi connectivity index (χ1) is 13.1. The number of piperidine rings is 1. The Bertz CT molecular complexity index is 785. The molecule has 2 aliphatic rings. The van der Waals surface area contributed by atoms with Crippen LogP contribution in [0.3, 0.4) is 0 Å². The summed E-state index contributed by atoms with van der Waals surface area (Å²) in [7, 11) is 0. The summed E-state index contributed by atoms with van der Waals surface area (Å²) < 4.78 is 5.34. The molecule has 1 aromatic heterocycles. The summed E-state index contributed by atoms with van der Waals surface area (Å²) in [6, 6.07) is 9.77. The standard InChI is InChI=1S/C21H27N3O3/c1-2-17-19(22-15-27-17)20(25)24-13-10-21(26,16-8-4-3-5-9-16)18(14-24)23-11-6-7-12-23/h3-5,8-9,15,18,26H,2,6-7,10-14H2,1H3/t18-,21+/m1/s1. The van der Waals surface area contributed by atoms with Crippen LogP contribution in [0.25, 0.3) is 0 Å². The van der Waals surface area contributed by atoms with Crippen molar-refractivity contribution < 1.29 is 14.3 Å². The highest BCUT2D eigenvalue weighted by Crippen LogP contribution is 2.37. The van der Waals surface area contributed by atoms with E-state index in [1.54, 1.807) is 0 Å². The van der Waals surface area contributed by atoms with Crippen LogP contribution in [0, 0.1) is 0 Å². The minimum Gasteiger partial charge on any atom is -0.448 e. The minimum atomic E-state index is -0.945. The highest BCUT2D eigenvalue weighted by atomic mass is 16.3. The van der Waals surface area contributed by atoms with Crippen LogP contribution in [-0.4, -0.2) is 58.0 Å². The Morgan fingerprint density at radius 3 is 2.70 bits per heavy atom. The van der Waals surface area contributed by atoms with Gasteiger partial charge < -0.3 is 14.4 Å². The summed E-state index contributed by atoms with van der Waals surface area (Å²) in [5, 5.41) is 11.7. The van der Waals surface area contributed by atoms with Crippen LogP contribution in [0.1, 0.15) is 48.0 Å². The predicted molar refractivity (Wildman–Crippen MR) is 101 cm³/mol. The van der Waals surface area contributed by atoms with Gasteiger partial charge in [0.05, 0.1) is 6.04 Å². The van der Waals surface area contributed by atoms with Crippen molar-refractivity contribution >= 4 is 5.91 Å². The molecule has 4 rings (SSSR count). The highest BCUT2D eigenvalue weighted by Gasteiger charge is 2.47. The molecule has 1 N–H and O–H groups in total. The zero-order valence-corrected chi connectivity index (χ0v) is 15.8. The second kappa shape index (κ2) is 7.44. The highest BCUT2D eigenvalue weighted by molar-refractivity contribution is 5.93. The van der Waals surface area contributed by atoms with Crippen molar-refractivity contribution in [2.75, 3.05) is 26.2 Å². The number of aryl methyl sites for hydroxylation is 1. The molecule has 1 amide bonds. The molecule has 2 saturated heterocycles. The molecule has 6 nitrogen and oxygen atoms in total. The Kier molecular flexibility index (Phi) is 5.02. The predicted octanol–water partition coefficient (Wildman–Crippen LogP) is 2.44. The van der Waals surface area contributed by atoms with Gasteiger partial charge in [0.2, 0.25) is 0 Å². The molecule has 2 fully saturated rings. The van der Waals surface area contributed by atoms with Gasteiger partial charge >= 0.3 is 0 Å². The average molecular weight is 369 g/mol. The SMILES string of the molecule is CCc1ocnc1C(=O)N1CC[C@](O)(c2ccccc2)[C@H](N2CCCC2)C1. The molecular formula is C21H27N3O3. The van der Waals surface area contributed by atoms with Gasteiger partial charge in [-0.3, -0.25) is 9.69 Å². The van der Waals surface area contributed by atoms with E-state index < -0.39 is 5.60 Å². The lowest BCUT2D eigenvalue weighted by molar-refractivity contribution is -0.0878. The number of likely N-dealkylation sites (tertiary alicyclic amines) is 2. The number of nitrogens with zero attached hydrogens (tertiary/aromatic N) is 3. The summed E-state index contributed by atoms with van der Waals surface area (Å²) in [5.74, 6) is 0.529. The van der Waals surface area contributed by atoms with E-state index in [0.717, 1.165) is 31.5 Å². The monoisotopic (exact) mass is 369 g/mol. The molecule has 1 aromatic carbocycles. The molecule has 3 heterocycles. The summed E-state index contributed by atoms with van der Waals surface area (Å²) in [6.07, 6.45) is 4.77. The number of aliphatic hydroxyl groups is 1. The molecule has 0 aliphatic carbocycles. The normalized spacial score (nSPS) is 26.4. The van der Waals surface area contributed by atoms with Crippen LogP contribution in [0.2, 0.25) is 0 Å². The lowest BCUT2D eigenvalue weighted by Gasteiger charge is -2.48. The van der Waals surface area contributed by atoms with Crippen molar-refractivity contribution in [2.24, 2.45) is 0 Å². The second-order valence-corrected chi connectivity index (χ2v) is 7.53. The van der Waals surface area contributed by atoms with Crippen molar-refractivity contribution in [1.82, 2.24) is 14.8 Å². The van der Waals surface area contributed by atoms with Gasteiger partial charge in [-0.05, 0) is 37.9 Å². The van der Waals surface area contributed by atoms with Gasteiger partial charge in [-0.25, -0.2) is 4.98 Å². The summed E-state index contributed by atoms with van der Waals surface area (Å²) in [5.41, 5.74) is 0.396. The van der Waals surface area contributed by atoms with E-state index in [4.69, 9.17) is 4.42 Å². The van der Waals surface area contributed by atoms with E-state index in [0.29, 0.717) is 37.4 Å². The third-order valence-electron chi connectivity index (χ3n) is 6.01. The van der Waals surface area contributed by atoms with E-state index in [1.807, 2.05) is 42.2 Å². The topological polar surface area (TPSA) is 69.8 Å². The first kappa shape index (κ1) is 18.2. The fraction of sp³-hybridized carbons (Fsp3) is 0.524. The molecule has 0 saturated carbocycles. The Labute approximate surface area is 159 Å². The maximum Gasteiger partial charge on any atom is 0.276 e. The molecule has 144 valence electrons. The van der Waals surface area contributed by atoms with Crippen LogP contribution >= 0.6 is 0 Å². The van der Waals surface area contributed by atoms with Crippen molar-refractivity contribution in [2.45, 2.75) is 44.2 Å². The molecule has 2 atom stereocenters. The third-order valence-corrected chi connectivity index (χ3v) is 6.01. The zero-order valence-electron chi connectivity index (χ0n) is 15.8. The Balaban J connectivity index is 1.62. The summed E-state index contributed by atoms with van der Waals surface area (Å²) in [6.45, 7) is 4.89. The van der Waals surface area contributed by atoms with Gasteiger partial charge in [-0.2, -0.15) is 0 Å². The van der Waals surface area contributed by atoms with Crippen LogP contribution in [0.15, 0.2) is 41.1 Å². The minimum absolute atomic E-state index is 0.0973. The number of rotatable bonds is 4. The lowest BCUT2D eigenvalue weighted by Crippen LogP contribution is -2.61. The molecule has 6 heteroatoms. The maximum absolute atomic E-state index is 13.1. The number of carbonyl (C=O) groups excluding carboxylic acids is 1. The summed E-state index contributed by atoms with van der Waals surface area (Å²) in [4.78, 5) is 21.4. The Hall–Kier alpha value is -2.18. The van der Waals surface area contributed by atoms with Crippen molar-refractivity contribution in [3.63, 3.8) is 0 Å².